The smallest absolute Gasteiger partial charge is 0.271 e. The predicted octanol–water partition coefficient (Wildman–Crippen LogP) is 1.66. The van der Waals surface area contributed by atoms with Gasteiger partial charge in [0.15, 0.2) is 11.6 Å². The van der Waals surface area contributed by atoms with E-state index in [0.717, 1.165) is 5.56 Å². The van der Waals surface area contributed by atoms with E-state index in [-0.39, 0.29) is 17.4 Å². The first kappa shape index (κ1) is 16.1. The number of carbonyl (C=O) groups excluding carboxylic acids is 1. The Labute approximate surface area is 143 Å². The van der Waals surface area contributed by atoms with Crippen molar-refractivity contribution in [3.05, 3.63) is 60.3 Å². The van der Waals surface area contributed by atoms with Crippen LogP contribution < -0.4 is 21.9 Å². The van der Waals surface area contributed by atoms with Crippen LogP contribution >= 0.6 is 0 Å². The number of aryl methyl sites for hydroxylation is 1. The van der Waals surface area contributed by atoms with Crippen LogP contribution in [-0.4, -0.2) is 25.8 Å². The Hall–Kier alpha value is -3.75. The molecule has 3 aromatic heterocycles. The Balaban J connectivity index is 1.70. The van der Waals surface area contributed by atoms with Crippen molar-refractivity contribution < 1.29 is 4.79 Å². The van der Waals surface area contributed by atoms with E-state index >= 15 is 0 Å². The van der Waals surface area contributed by atoms with Gasteiger partial charge in [0, 0.05) is 18.6 Å². The summed E-state index contributed by atoms with van der Waals surface area (Å²) < 4.78 is 0. The van der Waals surface area contributed by atoms with Crippen molar-refractivity contribution in [2.24, 2.45) is 0 Å². The lowest BCUT2D eigenvalue weighted by atomic mass is 10.3. The van der Waals surface area contributed by atoms with Crippen molar-refractivity contribution in [3.8, 4) is 0 Å². The molecule has 0 aliphatic heterocycles. The molecule has 3 rings (SSSR count). The average Bonchev–Trinajstić information content (AvgIpc) is 2.64. The van der Waals surface area contributed by atoms with E-state index in [9.17, 15) is 4.79 Å². The van der Waals surface area contributed by atoms with E-state index in [1.165, 1.54) is 12.5 Å². The number of nitrogen functional groups attached to an aromatic ring is 1. The maximum atomic E-state index is 12.0. The minimum atomic E-state index is -0.360. The summed E-state index contributed by atoms with van der Waals surface area (Å²) in [5, 5.41) is 3.01. The minimum Gasteiger partial charge on any atom is -0.393 e. The highest BCUT2D eigenvalue weighted by Gasteiger charge is 2.10. The zero-order chi connectivity index (χ0) is 17.6. The van der Waals surface area contributed by atoms with Gasteiger partial charge in [-0.25, -0.2) is 15.0 Å². The van der Waals surface area contributed by atoms with Crippen molar-refractivity contribution in [1.29, 1.82) is 0 Å². The SMILES string of the molecule is Cc1ccc(Nc2ncnc(NNC(=O)c3cccnc3)c2N)nc1. The second-order valence-electron chi connectivity index (χ2n) is 5.15. The third kappa shape index (κ3) is 3.96. The highest BCUT2D eigenvalue weighted by atomic mass is 16.2. The van der Waals surface area contributed by atoms with Crippen molar-refractivity contribution in [2.45, 2.75) is 6.92 Å². The molecule has 0 bridgehead atoms. The van der Waals surface area contributed by atoms with Gasteiger partial charge in [-0.1, -0.05) is 6.07 Å². The van der Waals surface area contributed by atoms with Crippen LogP contribution in [0, 0.1) is 6.92 Å². The number of pyridine rings is 2. The molecule has 0 atom stereocenters. The zero-order valence-electron chi connectivity index (χ0n) is 13.4. The van der Waals surface area contributed by atoms with E-state index in [2.05, 4.69) is 36.1 Å². The molecule has 25 heavy (non-hydrogen) atoms. The highest BCUT2D eigenvalue weighted by Crippen LogP contribution is 2.24. The molecular weight excluding hydrogens is 320 g/mol. The molecule has 0 saturated heterocycles. The topological polar surface area (TPSA) is 131 Å². The van der Waals surface area contributed by atoms with Gasteiger partial charge in [-0.05, 0) is 30.7 Å². The molecule has 3 aromatic rings. The van der Waals surface area contributed by atoms with Crippen LogP contribution in [0.25, 0.3) is 0 Å². The fourth-order valence-electron chi connectivity index (χ4n) is 1.94. The van der Waals surface area contributed by atoms with Crippen molar-refractivity contribution >= 4 is 29.0 Å². The summed E-state index contributed by atoms with van der Waals surface area (Å²) in [4.78, 5) is 28.3. The molecule has 0 spiro atoms. The number of nitrogens with two attached hydrogens (primary N) is 1. The van der Waals surface area contributed by atoms with Gasteiger partial charge in [0.25, 0.3) is 5.91 Å². The third-order valence-corrected chi connectivity index (χ3v) is 3.26. The molecule has 0 saturated carbocycles. The monoisotopic (exact) mass is 336 g/mol. The van der Waals surface area contributed by atoms with Crippen LogP contribution in [0.5, 0.6) is 0 Å². The molecule has 0 aliphatic carbocycles. The van der Waals surface area contributed by atoms with E-state index < -0.39 is 0 Å². The van der Waals surface area contributed by atoms with Gasteiger partial charge in [-0.2, -0.15) is 0 Å². The first-order valence-electron chi connectivity index (χ1n) is 7.40. The predicted molar refractivity (Wildman–Crippen MR) is 94.0 cm³/mol. The van der Waals surface area contributed by atoms with Crippen LogP contribution in [0.2, 0.25) is 0 Å². The molecule has 126 valence electrons. The Kier molecular flexibility index (Phi) is 4.65. The van der Waals surface area contributed by atoms with E-state index in [4.69, 9.17) is 5.73 Å². The molecule has 5 N–H and O–H groups in total. The summed E-state index contributed by atoms with van der Waals surface area (Å²) in [7, 11) is 0. The first-order valence-corrected chi connectivity index (χ1v) is 7.40. The lowest BCUT2D eigenvalue weighted by Gasteiger charge is -2.12. The largest absolute Gasteiger partial charge is 0.393 e. The van der Waals surface area contributed by atoms with E-state index in [1.54, 1.807) is 24.5 Å². The summed E-state index contributed by atoms with van der Waals surface area (Å²) in [6.45, 7) is 1.95. The standard InChI is InChI=1S/C16H16N8O/c1-10-4-5-12(19-7-10)22-14-13(17)15(21-9-20-14)23-24-16(25)11-3-2-6-18-8-11/h2-9H,17H2,1H3,(H,24,25)(H2,19,20,21,22,23). The van der Waals surface area contributed by atoms with Gasteiger partial charge in [0.1, 0.15) is 17.8 Å². The minimum absolute atomic E-state index is 0.247. The third-order valence-electron chi connectivity index (χ3n) is 3.26. The Bertz CT molecular complexity index is 867. The summed E-state index contributed by atoms with van der Waals surface area (Å²) in [5.41, 5.74) is 12.9. The Morgan fingerprint density at radius 3 is 2.64 bits per heavy atom. The highest BCUT2D eigenvalue weighted by molar-refractivity contribution is 5.94. The number of rotatable bonds is 5. The van der Waals surface area contributed by atoms with E-state index in [0.29, 0.717) is 17.2 Å². The molecule has 0 aliphatic rings. The van der Waals surface area contributed by atoms with Crippen LogP contribution in [-0.2, 0) is 0 Å². The number of amides is 1. The van der Waals surface area contributed by atoms with Gasteiger partial charge >= 0.3 is 0 Å². The molecule has 9 nitrogen and oxygen atoms in total. The van der Waals surface area contributed by atoms with Gasteiger partial charge in [-0.3, -0.25) is 20.6 Å². The number of anilines is 4. The summed E-state index contributed by atoms with van der Waals surface area (Å²) in [5.74, 6) is 0.883. The molecule has 0 unspecified atom stereocenters. The fourth-order valence-corrected chi connectivity index (χ4v) is 1.94. The first-order chi connectivity index (χ1) is 12.1. The van der Waals surface area contributed by atoms with Gasteiger partial charge in [-0.15, -0.1) is 0 Å². The maximum absolute atomic E-state index is 12.0. The van der Waals surface area contributed by atoms with Crippen molar-refractivity contribution in [2.75, 3.05) is 16.5 Å². The number of hydrogen-bond acceptors (Lipinski definition) is 8. The van der Waals surface area contributed by atoms with Gasteiger partial charge < -0.3 is 11.1 Å². The Morgan fingerprint density at radius 2 is 1.92 bits per heavy atom. The summed E-state index contributed by atoms with van der Waals surface area (Å²) >= 11 is 0. The number of nitrogens with one attached hydrogen (secondary N) is 3. The van der Waals surface area contributed by atoms with Crippen molar-refractivity contribution in [3.63, 3.8) is 0 Å². The number of aromatic nitrogens is 4. The molecular formula is C16H16N8O. The quantitative estimate of drug-likeness (QED) is 0.517. The number of hydrazine groups is 1. The van der Waals surface area contributed by atoms with E-state index in [1.807, 2.05) is 19.1 Å². The lowest BCUT2D eigenvalue weighted by Crippen LogP contribution is -2.30. The molecule has 1 amide bonds. The Morgan fingerprint density at radius 1 is 1.08 bits per heavy atom. The molecule has 0 aromatic carbocycles. The van der Waals surface area contributed by atoms with Gasteiger partial charge in [0.2, 0.25) is 0 Å². The van der Waals surface area contributed by atoms with Crippen LogP contribution in [0.3, 0.4) is 0 Å². The lowest BCUT2D eigenvalue weighted by molar-refractivity contribution is 0.0962. The maximum Gasteiger partial charge on any atom is 0.271 e. The van der Waals surface area contributed by atoms with Crippen LogP contribution in [0.15, 0.2) is 49.2 Å². The zero-order valence-corrected chi connectivity index (χ0v) is 13.4. The molecule has 3 heterocycles. The number of hydrogen-bond donors (Lipinski definition) is 4. The summed E-state index contributed by atoms with van der Waals surface area (Å²) in [6, 6.07) is 7.04. The second kappa shape index (κ2) is 7.21. The normalized spacial score (nSPS) is 10.1. The fraction of sp³-hybridized carbons (Fsp3) is 0.0625. The number of carbonyl (C=O) groups is 1. The second-order valence-corrected chi connectivity index (χ2v) is 5.15. The average molecular weight is 336 g/mol. The molecule has 0 radical (unpaired) electrons. The number of nitrogens with zero attached hydrogens (tertiary/aromatic N) is 4. The van der Waals surface area contributed by atoms with Gasteiger partial charge in [0.05, 0.1) is 5.56 Å². The van der Waals surface area contributed by atoms with Crippen LogP contribution in [0.1, 0.15) is 15.9 Å². The van der Waals surface area contributed by atoms with Crippen LogP contribution in [0.4, 0.5) is 23.1 Å². The molecule has 9 heteroatoms. The molecule has 0 fully saturated rings. The van der Waals surface area contributed by atoms with Crippen molar-refractivity contribution in [1.82, 2.24) is 25.4 Å². The summed E-state index contributed by atoms with van der Waals surface area (Å²) in [6.07, 6.45) is 6.10.